The van der Waals surface area contributed by atoms with Gasteiger partial charge >= 0.3 is 6.09 Å². The minimum atomic E-state index is -0.483. The summed E-state index contributed by atoms with van der Waals surface area (Å²) in [5, 5.41) is 3.99. The molecule has 1 fully saturated rings. The molecule has 146 valence electrons. The summed E-state index contributed by atoms with van der Waals surface area (Å²) < 4.78 is 10.6. The van der Waals surface area contributed by atoms with Gasteiger partial charge in [0, 0.05) is 44.2 Å². The highest BCUT2D eigenvalue weighted by Gasteiger charge is 2.26. The van der Waals surface area contributed by atoms with E-state index in [1.54, 1.807) is 4.90 Å². The zero-order valence-corrected chi connectivity index (χ0v) is 16.7. The largest absolute Gasteiger partial charge is 0.444 e. The molecule has 0 spiro atoms. The number of aryl methyl sites for hydroxylation is 2. The molecule has 1 aromatic heterocycles. The van der Waals surface area contributed by atoms with Gasteiger partial charge in [-0.05, 0) is 34.6 Å². The van der Waals surface area contributed by atoms with Crippen LogP contribution < -0.4 is 5.73 Å². The fourth-order valence-electron chi connectivity index (χ4n) is 3.06. The van der Waals surface area contributed by atoms with Gasteiger partial charge in [0.15, 0.2) is 5.96 Å². The fourth-order valence-corrected chi connectivity index (χ4v) is 3.06. The Bertz CT molecular complexity index is 635. The minimum absolute atomic E-state index is 0.183. The molecule has 26 heavy (non-hydrogen) atoms. The molecular formula is C18H31N5O3. The van der Waals surface area contributed by atoms with Gasteiger partial charge < -0.3 is 24.8 Å². The predicted molar refractivity (Wildman–Crippen MR) is 100 cm³/mol. The molecule has 1 atom stereocenters. The molecule has 2 heterocycles. The second-order valence-corrected chi connectivity index (χ2v) is 7.79. The van der Waals surface area contributed by atoms with Gasteiger partial charge in [-0.25, -0.2) is 4.79 Å². The first-order valence-corrected chi connectivity index (χ1v) is 9.04. The SMILES string of the molecule is Cc1noc(C)c1C(C)CN=C(N)N1CCN(C(=O)OC(C)(C)C)CC1. The lowest BCUT2D eigenvalue weighted by Gasteiger charge is -2.36. The van der Waals surface area contributed by atoms with E-state index in [0.29, 0.717) is 38.7 Å². The average Bonchev–Trinajstić information content (AvgIpc) is 2.89. The highest BCUT2D eigenvalue weighted by atomic mass is 16.6. The number of ether oxygens (including phenoxy) is 1. The molecule has 0 aliphatic carbocycles. The van der Waals surface area contributed by atoms with Gasteiger partial charge in [-0.1, -0.05) is 12.1 Å². The highest BCUT2D eigenvalue weighted by Crippen LogP contribution is 2.23. The lowest BCUT2D eigenvalue weighted by Crippen LogP contribution is -2.53. The van der Waals surface area contributed by atoms with E-state index in [1.165, 1.54) is 0 Å². The number of hydrogen-bond donors (Lipinski definition) is 1. The van der Waals surface area contributed by atoms with Crippen molar-refractivity contribution in [3.8, 4) is 0 Å². The van der Waals surface area contributed by atoms with E-state index in [0.717, 1.165) is 17.0 Å². The normalized spacial score (nSPS) is 17.4. The molecule has 0 saturated carbocycles. The summed E-state index contributed by atoms with van der Waals surface area (Å²) in [6.07, 6.45) is -0.278. The van der Waals surface area contributed by atoms with E-state index >= 15 is 0 Å². The van der Waals surface area contributed by atoms with Gasteiger partial charge in [0.05, 0.1) is 5.69 Å². The van der Waals surface area contributed by atoms with Crippen LogP contribution in [0.3, 0.4) is 0 Å². The van der Waals surface area contributed by atoms with E-state index in [4.69, 9.17) is 15.0 Å². The third kappa shape index (κ3) is 5.12. The lowest BCUT2D eigenvalue weighted by atomic mass is 10.00. The van der Waals surface area contributed by atoms with Gasteiger partial charge in [-0.15, -0.1) is 0 Å². The van der Waals surface area contributed by atoms with Crippen LogP contribution in [0.4, 0.5) is 4.79 Å². The average molecular weight is 365 g/mol. The molecule has 8 heteroatoms. The summed E-state index contributed by atoms with van der Waals surface area (Å²) in [5.74, 6) is 1.52. The first-order valence-electron chi connectivity index (χ1n) is 9.04. The number of carbonyl (C=O) groups excluding carboxylic acids is 1. The third-order valence-electron chi connectivity index (χ3n) is 4.36. The third-order valence-corrected chi connectivity index (χ3v) is 4.36. The lowest BCUT2D eigenvalue weighted by molar-refractivity contribution is 0.0186. The zero-order valence-electron chi connectivity index (χ0n) is 16.7. The Hall–Kier alpha value is -2.25. The Labute approximate surface area is 155 Å². The standard InChI is InChI=1S/C18H31N5O3/c1-12(15-13(2)21-26-14(15)3)11-20-16(19)22-7-9-23(10-8-22)17(24)25-18(4,5)6/h12H,7-11H2,1-6H3,(H2,19,20). The summed E-state index contributed by atoms with van der Waals surface area (Å²) >= 11 is 0. The highest BCUT2D eigenvalue weighted by molar-refractivity contribution is 5.78. The second-order valence-electron chi connectivity index (χ2n) is 7.79. The number of nitrogens with two attached hydrogens (primary N) is 1. The van der Waals surface area contributed by atoms with Crippen LogP contribution in [-0.2, 0) is 4.74 Å². The first-order chi connectivity index (χ1) is 12.1. The van der Waals surface area contributed by atoms with Crippen LogP contribution in [0, 0.1) is 13.8 Å². The number of carbonyl (C=O) groups is 1. The monoisotopic (exact) mass is 365 g/mol. The topological polar surface area (TPSA) is 97.2 Å². The van der Waals surface area contributed by atoms with Crippen LogP contribution in [0.25, 0.3) is 0 Å². The molecule has 2 rings (SSSR count). The number of guanidine groups is 1. The second kappa shape index (κ2) is 7.97. The number of hydrogen-bond acceptors (Lipinski definition) is 5. The van der Waals surface area contributed by atoms with E-state index in [2.05, 4.69) is 17.1 Å². The molecule has 8 nitrogen and oxygen atoms in total. The van der Waals surface area contributed by atoms with Gasteiger partial charge in [0.1, 0.15) is 11.4 Å². The number of piperazine rings is 1. The van der Waals surface area contributed by atoms with Gasteiger partial charge in [0.25, 0.3) is 0 Å². The van der Waals surface area contributed by atoms with Crippen molar-refractivity contribution in [1.82, 2.24) is 15.0 Å². The maximum absolute atomic E-state index is 12.1. The smallest absolute Gasteiger partial charge is 0.410 e. The fraction of sp³-hybridized carbons (Fsp3) is 0.722. The van der Waals surface area contributed by atoms with Crippen molar-refractivity contribution >= 4 is 12.1 Å². The summed E-state index contributed by atoms with van der Waals surface area (Å²) in [6, 6.07) is 0. The number of nitrogens with zero attached hydrogens (tertiary/aromatic N) is 4. The number of amides is 1. The molecule has 1 amide bonds. The van der Waals surface area contributed by atoms with Crippen LogP contribution in [0.2, 0.25) is 0 Å². The first kappa shape index (κ1) is 20.1. The number of rotatable bonds is 3. The summed E-state index contributed by atoms with van der Waals surface area (Å²) in [7, 11) is 0. The molecule has 1 aliphatic rings. The Kier molecular flexibility index (Phi) is 6.15. The minimum Gasteiger partial charge on any atom is -0.444 e. The molecule has 1 saturated heterocycles. The summed E-state index contributed by atoms with van der Waals surface area (Å²) in [4.78, 5) is 20.4. The Balaban J connectivity index is 1.87. The van der Waals surface area contributed by atoms with Crippen LogP contribution in [0.5, 0.6) is 0 Å². The molecule has 1 aliphatic heterocycles. The van der Waals surface area contributed by atoms with E-state index in [-0.39, 0.29) is 12.0 Å². The van der Waals surface area contributed by atoms with E-state index in [1.807, 2.05) is 39.5 Å². The Morgan fingerprint density at radius 1 is 1.27 bits per heavy atom. The van der Waals surface area contributed by atoms with E-state index < -0.39 is 5.60 Å². The molecule has 0 aromatic carbocycles. The maximum Gasteiger partial charge on any atom is 0.410 e. The van der Waals surface area contributed by atoms with Crippen molar-refractivity contribution < 1.29 is 14.1 Å². The van der Waals surface area contributed by atoms with Crippen molar-refractivity contribution in [2.75, 3.05) is 32.7 Å². The molecule has 1 unspecified atom stereocenters. The molecule has 1 aromatic rings. The van der Waals surface area contributed by atoms with Gasteiger partial charge in [-0.3, -0.25) is 4.99 Å². The molecule has 0 bridgehead atoms. The van der Waals surface area contributed by atoms with Crippen LogP contribution in [0.1, 0.15) is 50.6 Å². The van der Waals surface area contributed by atoms with Crippen molar-refractivity contribution in [1.29, 1.82) is 0 Å². The van der Waals surface area contributed by atoms with Crippen molar-refractivity contribution in [2.45, 2.75) is 53.1 Å². The molecule has 0 radical (unpaired) electrons. The predicted octanol–water partition coefficient (Wildman–Crippen LogP) is 2.26. The van der Waals surface area contributed by atoms with Crippen molar-refractivity contribution in [2.24, 2.45) is 10.7 Å². The maximum atomic E-state index is 12.1. The van der Waals surface area contributed by atoms with Gasteiger partial charge in [-0.2, -0.15) is 0 Å². The summed E-state index contributed by atoms with van der Waals surface area (Å²) in [5.41, 5.74) is 7.66. The van der Waals surface area contributed by atoms with Crippen LogP contribution in [0.15, 0.2) is 9.52 Å². The number of aromatic nitrogens is 1. The van der Waals surface area contributed by atoms with Crippen LogP contribution >= 0.6 is 0 Å². The molecular weight excluding hydrogens is 334 g/mol. The molecule has 2 N–H and O–H groups in total. The summed E-state index contributed by atoms with van der Waals surface area (Å²) in [6.45, 7) is 14.5. The van der Waals surface area contributed by atoms with Crippen LogP contribution in [-0.4, -0.2) is 65.3 Å². The van der Waals surface area contributed by atoms with E-state index in [9.17, 15) is 4.79 Å². The quantitative estimate of drug-likeness (QED) is 0.652. The van der Waals surface area contributed by atoms with Crippen molar-refractivity contribution in [3.05, 3.63) is 17.0 Å². The zero-order chi connectivity index (χ0) is 19.5. The van der Waals surface area contributed by atoms with Crippen molar-refractivity contribution in [3.63, 3.8) is 0 Å². The van der Waals surface area contributed by atoms with Gasteiger partial charge in [0.2, 0.25) is 0 Å². The Morgan fingerprint density at radius 3 is 2.35 bits per heavy atom. The Morgan fingerprint density at radius 2 is 1.85 bits per heavy atom. The number of aliphatic imine (C=N–C) groups is 1.